The Hall–Kier alpha value is -3.40. The molecule has 104 heavy (non-hydrogen) atoms. The lowest BCUT2D eigenvalue weighted by Gasteiger charge is -2.11. The van der Waals surface area contributed by atoms with Crippen molar-refractivity contribution in [3.8, 4) is 0 Å². The summed E-state index contributed by atoms with van der Waals surface area (Å²) in [6.07, 6.45) is 95.6. The van der Waals surface area contributed by atoms with Gasteiger partial charge in [0, 0.05) is 22.1 Å². The summed E-state index contributed by atoms with van der Waals surface area (Å²) < 4.78 is 0. The first-order valence-corrected chi connectivity index (χ1v) is 47.7. The van der Waals surface area contributed by atoms with Gasteiger partial charge in [-0.25, -0.2) is 9.97 Å². The van der Waals surface area contributed by atoms with Crippen molar-refractivity contribution in [2.75, 3.05) is 0 Å². The fourth-order valence-electron chi connectivity index (χ4n) is 17.7. The van der Waals surface area contributed by atoms with Crippen LogP contribution in [-0.2, 0) is 25.7 Å². The van der Waals surface area contributed by atoms with Crippen molar-refractivity contribution in [3.05, 3.63) is 69.3 Å². The van der Waals surface area contributed by atoms with E-state index in [0.717, 1.165) is 51.4 Å². The SMILES string of the molecule is CCCCCCCCCCC1=C(CCCCCCCCCC)c2cc3[nH]c(cc4[nH]c(cc5nc(cc1n2)C(CCCCCCCCCC)=C5CCCCCCCCCC)c(CCCCCCCCCC)c4CCCCCCCCCC)c(CCCCCCCCCC)c3CCCCCCCCCC. The Labute approximate surface area is 647 Å². The van der Waals surface area contributed by atoms with Crippen molar-refractivity contribution >= 4 is 44.4 Å². The Morgan fingerprint density at radius 1 is 0.163 bits per heavy atom. The molecule has 2 aliphatic rings. The highest BCUT2D eigenvalue weighted by atomic mass is 14.8. The standard InChI is InChI=1S/C100H174N4/c1-9-17-25-33-41-49-57-65-73-85-86(74-66-58-50-42-34-26-18-10-2)94-82-96-89(77-69-61-53-45-37-29-21-13-5)90(78-70-62-54-46-38-30-22-14-6)98(103-96)84-100-92(80-72-64-56-48-40-32-24-16-8)91(79-71-63-55-47-39-31-23-15-7)99(104-100)83-97-88(76-68-60-52-44-36-28-20-12-4)87(95(102-97)81-93(85)101-94)75-67-59-51-43-35-27-19-11-3/h81-84,101-102H,9-80H2,1-8H3. The lowest BCUT2D eigenvalue weighted by Crippen LogP contribution is -1.95. The average molecular weight is 1430 g/mol. The van der Waals surface area contributed by atoms with E-state index in [-0.39, 0.29) is 0 Å². The highest BCUT2D eigenvalue weighted by Gasteiger charge is 2.26. The number of fused-ring (bicyclic) bond motifs is 8. The molecule has 0 unspecified atom stereocenters. The molecule has 594 valence electrons. The molecule has 0 spiro atoms. The summed E-state index contributed by atoms with van der Waals surface area (Å²) in [4.78, 5) is 21.2. The minimum absolute atomic E-state index is 1.12. The van der Waals surface area contributed by atoms with Gasteiger partial charge in [-0.3, -0.25) is 0 Å². The largest absolute Gasteiger partial charge is 0.355 e. The zero-order valence-electron chi connectivity index (χ0n) is 71.1. The second-order valence-electron chi connectivity index (χ2n) is 33.9. The Kier molecular flexibility index (Phi) is 54.7. The molecule has 5 rings (SSSR count). The van der Waals surface area contributed by atoms with Gasteiger partial charge in [-0.15, -0.1) is 0 Å². The first kappa shape index (κ1) is 91.2. The maximum atomic E-state index is 6.15. The summed E-state index contributed by atoms with van der Waals surface area (Å²) in [5.74, 6) is 0. The number of hydrogen-bond donors (Lipinski definition) is 2. The second-order valence-corrected chi connectivity index (χ2v) is 33.9. The first-order valence-electron chi connectivity index (χ1n) is 47.7. The lowest BCUT2D eigenvalue weighted by atomic mass is 9.92. The number of aromatic nitrogens is 4. The molecule has 0 saturated carbocycles. The van der Waals surface area contributed by atoms with E-state index >= 15 is 0 Å². The van der Waals surface area contributed by atoms with Gasteiger partial charge < -0.3 is 9.97 Å². The number of unbranched alkanes of at least 4 members (excludes halogenated alkanes) is 56. The van der Waals surface area contributed by atoms with Crippen molar-refractivity contribution < 1.29 is 0 Å². The predicted octanol–water partition coefficient (Wildman–Crippen LogP) is 35.0. The summed E-state index contributed by atoms with van der Waals surface area (Å²) in [7, 11) is 0. The number of nitrogens with zero attached hydrogens (tertiary/aromatic N) is 2. The topological polar surface area (TPSA) is 57.4 Å². The van der Waals surface area contributed by atoms with Crippen molar-refractivity contribution in [3.63, 3.8) is 0 Å². The average Bonchev–Trinajstić information content (AvgIpc) is 1.62. The van der Waals surface area contributed by atoms with Crippen molar-refractivity contribution in [1.82, 2.24) is 19.9 Å². The van der Waals surface area contributed by atoms with Gasteiger partial charge in [0.15, 0.2) is 0 Å². The van der Waals surface area contributed by atoms with E-state index in [1.165, 1.54) is 456 Å². The van der Waals surface area contributed by atoms with E-state index in [1.807, 2.05) is 0 Å². The molecular weight excluding hydrogens is 1260 g/mol. The van der Waals surface area contributed by atoms with E-state index < -0.39 is 0 Å². The van der Waals surface area contributed by atoms with Gasteiger partial charge in [0.25, 0.3) is 0 Å². The maximum Gasteiger partial charge on any atom is 0.0694 e. The highest BCUT2D eigenvalue weighted by molar-refractivity contribution is 5.96. The van der Waals surface area contributed by atoms with Crippen LogP contribution < -0.4 is 0 Å². The monoisotopic (exact) mass is 1430 g/mol. The Balaban J connectivity index is 1.88. The van der Waals surface area contributed by atoms with Crippen LogP contribution in [0, 0.1) is 0 Å². The number of nitrogens with one attached hydrogen (secondary N) is 2. The third-order valence-electron chi connectivity index (χ3n) is 24.4. The van der Waals surface area contributed by atoms with Gasteiger partial charge in [-0.1, -0.05) is 415 Å². The smallest absolute Gasteiger partial charge is 0.0694 e. The van der Waals surface area contributed by atoms with E-state index in [2.05, 4.69) is 89.6 Å². The molecule has 3 aromatic rings. The summed E-state index contributed by atoms with van der Waals surface area (Å²) in [6.45, 7) is 18.9. The van der Waals surface area contributed by atoms with Gasteiger partial charge in [-0.2, -0.15) is 0 Å². The summed E-state index contributed by atoms with van der Waals surface area (Å²) in [5, 5.41) is 0. The molecule has 0 fully saturated rings. The van der Waals surface area contributed by atoms with Crippen LogP contribution in [0.1, 0.15) is 537 Å². The zero-order valence-corrected chi connectivity index (χ0v) is 71.1. The second kappa shape index (κ2) is 62.4. The van der Waals surface area contributed by atoms with Crippen molar-refractivity contribution in [1.29, 1.82) is 0 Å². The Morgan fingerprint density at radius 2 is 0.308 bits per heavy atom. The molecule has 0 aliphatic carbocycles. The number of allylic oxidation sites excluding steroid dienone is 4. The van der Waals surface area contributed by atoms with E-state index in [0.29, 0.717) is 0 Å². The fraction of sp³-hybridized carbons (Fsp3) is 0.800. The third kappa shape index (κ3) is 38.3. The molecular formula is C100H174N4. The van der Waals surface area contributed by atoms with Crippen LogP contribution in [0.2, 0.25) is 0 Å². The van der Waals surface area contributed by atoms with Crippen molar-refractivity contribution in [2.45, 2.75) is 518 Å². The van der Waals surface area contributed by atoms with Crippen LogP contribution in [-0.4, -0.2) is 19.9 Å². The number of hydrogen-bond acceptors (Lipinski definition) is 2. The number of aromatic amines is 2. The van der Waals surface area contributed by atoms with Crippen LogP contribution in [0.15, 0.2) is 24.3 Å². The maximum absolute atomic E-state index is 6.15. The van der Waals surface area contributed by atoms with Crippen LogP contribution in [0.5, 0.6) is 0 Å². The molecule has 3 aromatic heterocycles. The molecule has 0 aromatic carbocycles. The van der Waals surface area contributed by atoms with Crippen LogP contribution in [0.3, 0.4) is 0 Å². The fourth-order valence-corrected chi connectivity index (χ4v) is 17.7. The zero-order chi connectivity index (χ0) is 73.8. The molecule has 2 N–H and O–H groups in total. The van der Waals surface area contributed by atoms with Gasteiger partial charge in [0.05, 0.1) is 22.8 Å². The molecule has 2 aliphatic heterocycles. The normalized spacial score (nSPS) is 12.6. The van der Waals surface area contributed by atoms with E-state index in [1.54, 1.807) is 44.5 Å². The number of H-pyrrole nitrogens is 2. The van der Waals surface area contributed by atoms with Crippen molar-refractivity contribution in [2.24, 2.45) is 0 Å². The Bertz CT molecular complexity index is 2610. The summed E-state index contributed by atoms with van der Waals surface area (Å²) in [6, 6.07) is 10.7. The molecule has 0 saturated heterocycles. The van der Waals surface area contributed by atoms with Gasteiger partial charge in [0.2, 0.25) is 0 Å². The van der Waals surface area contributed by atoms with Gasteiger partial charge in [0.1, 0.15) is 0 Å². The van der Waals surface area contributed by atoms with Gasteiger partial charge in [-0.05, 0) is 172 Å². The van der Waals surface area contributed by atoms with Crippen LogP contribution in [0.4, 0.5) is 0 Å². The minimum atomic E-state index is 1.12. The highest BCUT2D eigenvalue weighted by Crippen LogP contribution is 2.43. The number of aryl methyl sites for hydroxylation is 4. The molecule has 8 bridgehead atoms. The van der Waals surface area contributed by atoms with Gasteiger partial charge >= 0.3 is 0 Å². The van der Waals surface area contributed by atoms with Crippen LogP contribution >= 0.6 is 0 Å². The minimum Gasteiger partial charge on any atom is -0.355 e. The predicted molar refractivity (Wildman–Crippen MR) is 469 cm³/mol. The Morgan fingerprint density at radius 3 is 0.490 bits per heavy atom. The summed E-state index contributed by atoms with van der Waals surface area (Å²) in [5.41, 5.74) is 23.4. The molecule has 4 heteroatoms. The molecule has 5 heterocycles. The quantitative estimate of drug-likeness (QED) is 0.0554. The third-order valence-corrected chi connectivity index (χ3v) is 24.4. The van der Waals surface area contributed by atoms with E-state index in [4.69, 9.17) is 9.97 Å². The van der Waals surface area contributed by atoms with E-state index in [9.17, 15) is 0 Å². The molecule has 4 nitrogen and oxygen atoms in total. The summed E-state index contributed by atoms with van der Waals surface area (Å²) >= 11 is 0. The molecule has 0 amide bonds. The molecule has 0 radical (unpaired) electrons. The lowest BCUT2D eigenvalue weighted by molar-refractivity contribution is 0.571. The first-order chi connectivity index (χ1) is 51.5. The van der Waals surface area contributed by atoms with Crippen LogP contribution in [0.25, 0.3) is 44.4 Å². The number of rotatable bonds is 72. The molecule has 0 atom stereocenters.